The Morgan fingerprint density at radius 1 is 0.543 bits per heavy atom. The quantitative estimate of drug-likeness (QED) is 0.388. The number of hydrogen-bond acceptors (Lipinski definition) is 6. The zero-order chi connectivity index (χ0) is 24.2. The van der Waals surface area contributed by atoms with Crippen LogP contribution in [0.15, 0.2) is 103 Å². The number of aromatic nitrogens is 3. The lowest BCUT2D eigenvalue weighted by Gasteiger charge is -2.10. The van der Waals surface area contributed by atoms with Crippen molar-refractivity contribution in [1.82, 2.24) is 15.0 Å². The number of nitrogens with zero attached hydrogens (tertiary/aromatic N) is 4. The predicted molar refractivity (Wildman–Crippen MR) is 136 cm³/mol. The van der Waals surface area contributed by atoms with Crippen LogP contribution in [0, 0.1) is 11.3 Å². The molecule has 0 saturated heterocycles. The summed E-state index contributed by atoms with van der Waals surface area (Å²) in [6, 6.07) is 33.9. The van der Waals surface area contributed by atoms with Crippen LogP contribution in [-0.2, 0) is 0 Å². The highest BCUT2D eigenvalue weighted by Gasteiger charge is 2.16. The molecule has 0 amide bonds. The molecule has 1 heterocycles. The minimum atomic E-state index is -1.59. The van der Waals surface area contributed by atoms with Gasteiger partial charge < -0.3 is 10.0 Å². The highest BCUT2D eigenvalue weighted by atomic mass is 16.4. The molecule has 7 heteroatoms. The number of rotatable bonds is 5. The fourth-order valence-corrected chi connectivity index (χ4v) is 3.76. The van der Waals surface area contributed by atoms with E-state index in [1.807, 2.05) is 72.8 Å². The molecule has 0 aliphatic rings. The molecule has 2 N–H and O–H groups in total. The summed E-state index contributed by atoms with van der Waals surface area (Å²) in [7, 11) is -1.59. The van der Waals surface area contributed by atoms with Gasteiger partial charge in [0.05, 0.1) is 11.6 Å². The van der Waals surface area contributed by atoms with Gasteiger partial charge in [-0.25, -0.2) is 15.0 Å². The summed E-state index contributed by atoms with van der Waals surface area (Å²) in [5, 5.41) is 28.3. The van der Waals surface area contributed by atoms with Crippen molar-refractivity contribution in [2.45, 2.75) is 0 Å². The number of nitriles is 1. The van der Waals surface area contributed by atoms with Crippen molar-refractivity contribution in [2.75, 3.05) is 0 Å². The first-order chi connectivity index (χ1) is 17.1. The van der Waals surface area contributed by atoms with Gasteiger partial charge in [-0.05, 0) is 34.8 Å². The summed E-state index contributed by atoms with van der Waals surface area (Å²) >= 11 is 0. The van der Waals surface area contributed by atoms with E-state index in [-0.39, 0.29) is 0 Å². The van der Waals surface area contributed by atoms with Gasteiger partial charge in [0.1, 0.15) is 0 Å². The van der Waals surface area contributed by atoms with Gasteiger partial charge in [0, 0.05) is 16.7 Å². The maximum absolute atomic E-state index is 9.62. The first-order valence-corrected chi connectivity index (χ1v) is 11.0. The van der Waals surface area contributed by atoms with Gasteiger partial charge in [0.2, 0.25) is 0 Å². The number of benzene rings is 4. The third-order valence-electron chi connectivity index (χ3n) is 5.58. The van der Waals surface area contributed by atoms with E-state index in [4.69, 9.17) is 15.2 Å². The molecule has 0 spiro atoms. The lowest BCUT2D eigenvalue weighted by atomic mass is 9.79. The van der Waals surface area contributed by atoms with E-state index in [1.165, 1.54) is 0 Å². The van der Waals surface area contributed by atoms with E-state index in [9.17, 15) is 10.0 Å². The molecule has 0 atom stereocenters. The van der Waals surface area contributed by atoms with Crippen LogP contribution in [0.2, 0.25) is 0 Å². The van der Waals surface area contributed by atoms with E-state index in [2.05, 4.69) is 11.1 Å². The lowest BCUT2D eigenvalue weighted by molar-refractivity contribution is 0.426. The molecule has 5 aromatic rings. The third-order valence-corrected chi connectivity index (χ3v) is 5.58. The van der Waals surface area contributed by atoms with Crippen LogP contribution in [0.3, 0.4) is 0 Å². The summed E-state index contributed by atoms with van der Waals surface area (Å²) in [6.45, 7) is 0. The Hall–Kier alpha value is -4.64. The fraction of sp³-hybridized carbons (Fsp3) is 0. The summed E-state index contributed by atoms with van der Waals surface area (Å²) in [4.78, 5) is 14.2. The van der Waals surface area contributed by atoms with Crippen LogP contribution >= 0.6 is 0 Å². The maximum Gasteiger partial charge on any atom is 0.488 e. The van der Waals surface area contributed by atoms with Gasteiger partial charge in [0.15, 0.2) is 17.5 Å². The molecule has 0 aliphatic heterocycles. The number of hydrogen-bond donors (Lipinski definition) is 2. The van der Waals surface area contributed by atoms with E-state index >= 15 is 0 Å². The zero-order valence-electron chi connectivity index (χ0n) is 18.6. The molecular formula is C28H19BN4O2. The summed E-state index contributed by atoms with van der Waals surface area (Å²) in [5.74, 6) is 1.45. The van der Waals surface area contributed by atoms with E-state index in [0.29, 0.717) is 34.1 Å². The predicted octanol–water partition coefficient (Wildman–Crippen LogP) is 4.09. The summed E-state index contributed by atoms with van der Waals surface area (Å²) in [5.41, 5.74) is 5.22. The molecule has 6 nitrogen and oxygen atoms in total. The van der Waals surface area contributed by atoms with Gasteiger partial charge in [0.25, 0.3) is 0 Å². The molecule has 0 aliphatic carbocycles. The average Bonchev–Trinajstić information content (AvgIpc) is 2.93. The normalized spacial score (nSPS) is 10.5. The molecule has 0 saturated carbocycles. The Labute approximate surface area is 203 Å². The zero-order valence-corrected chi connectivity index (χ0v) is 18.6. The summed E-state index contributed by atoms with van der Waals surface area (Å²) < 4.78 is 0. The van der Waals surface area contributed by atoms with Crippen LogP contribution in [-0.4, -0.2) is 32.1 Å². The van der Waals surface area contributed by atoms with Crippen molar-refractivity contribution in [1.29, 1.82) is 5.26 Å². The Morgan fingerprint density at radius 2 is 1.09 bits per heavy atom. The van der Waals surface area contributed by atoms with Gasteiger partial charge in [-0.1, -0.05) is 84.9 Å². The Balaban J connectivity index is 1.64. The van der Waals surface area contributed by atoms with E-state index in [0.717, 1.165) is 22.3 Å². The van der Waals surface area contributed by atoms with Crippen molar-refractivity contribution in [2.24, 2.45) is 0 Å². The smallest absolute Gasteiger partial charge is 0.423 e. The second-order valence-corrected chi connectivity index (χ2v) is 7.94. The first kappa shape index (κ1) is 22.2. The van der Waals surface area contributed by atoms with Gasteiger partial charge in [-0.2, -0.15) is 5.26 Å². The Kier molecular flexibility index (Phi) is 6.14. The molecular weight excluding hydrogens is 435 g/mol. The monoisotopic (exact) mass is 454 g/mol. The average molecular weight is 454 g/mol. The van der Waals surface area contributed by atoms with Crippen LogP contribution in [0.4, 0.5) is 0 Å². The van der Waals surface area contributed by atoms with E-state index in [1.54, 1.807) is 30.3 Å². The van der Waals surface area contributed by atoms with Crippen molar-refractivity contribution >= 4 is 12.6 Å². The van der Waals surface area contributed by atoms with E-state index < -0.39 is 7.12 Å². The van der Waals surface area contributed by atoms with Crippen LogP contribution in [0.5, 0.6) is 0 Å². The topological polar surface area (TPSA) is 103 Å². The lowest BCUT2D eigenvalue weighted by Crippen LogP contribution is -2.29. The second kappa shape index (κ2) is 9.70. The van der Waals surface area contributed by atoms with Crippen LogP contribution in [0.25, 0.3) is 45.3 Å². The molecule has 0 bridgehead atoms. The van der Waals surface area contributed by atoms with Gasteiger partial charge >= 0.3 is 7.12 Å². The molecule has 1 aromatic heterocycles. The third kappa shape index (κ3) is 4.85. The molecule has 5 rings (SSSR count). The van der Waals surface area contributed by atoms with Gasteiger partial charge in [-0.3, -0.25) is 0 Å². The van der Waals surface area contributed by atoms with Crippen molar-refractivity contribution < 1.29 is 10.0 Å². The van der Waals surface area contributed by atoms with Crippen molar-refractivity contribution in [3.05, 3.63) is 109 Å². The molecule has 166 valence electrons. The first-order valence-electron chi connectivity index (χ1n) is 11.0. The second-order valence-electron chi connectivity index (χ2n) is 7.94. The summed E-state index contributed by atoms with van der Waals surface area (Å²) in [6.07, 6.45) is 0. The maximum atomic E-state index is 9.62. The SMILES string of the molecule is N#Cc1ccc(-c2cccc(-c3nc(-c4ccccc4)nc(-c4cccc(B(O)O)c4)n3)c2)cc1. The minimum Gasteiger partial charge on any atom is -0.423 e. The molecule has 4 aromatic carbocycles. The fourth-order valence-electron chi connectivity index (χ4n) is 3.76. The Bertz CT molecular complexity index is 1530. The molecule has 35 heavy (non-hydrogen) atoms. The van der Waals surface area contributed by atoms with Gasteiger partial charge in [-0.15, -0.1) is 0 Å². The van der Waals surface area contributed by atoms with Crippen molar-refractivity contribution in [3.63, 3.8) is 0 Å². The molecule has 0 radical (unpaired) electrons. The highest BCUT2D eigenvalue weighted by Crippen LogP contribution is 2.28. The molecule has 0 unspecified atom stereocenters. The largest absolute Gasteiger partial charge is 0.488 e. The highest BCUT2D eigenvalue weighted by molar-refractivity contribution is 6.58. The van der Waals surface area contributed by atoms with Crippen molar-refractivity contribution in [3.8, 4) is 51.4 Å². The Morgan fingerprint density at radius 3 is 1.71 bits per heavy atom. The van der Waals surface area contributed by atoms with Crippen LogP contribution in [0.1, 0.15) is 5.56 Å². The standard InChI is InChI=1S/C28H19BN4O2/c30-18-19-12-14-20(15-13-19)22-8-4-9-23(16-22)27-31-26(21-6-2-1-3-7-21)32-28(33-27)24-10-5-11-25(17-24)29(34)35/h1-17,34-35H. The molecule has 0 fully saturated rings. The minimum absolute atomic E-state index is 0.355. The van der Waals surface area contributed by atoms with Crippen LogP contribution < -0.4 is 5.46 Å².